The highest BCUT2D eigenvalue weighted by atomic mass is 32.2. The minimum absolute atomic E-state index is 0.0267. The second-order valence-corrected chi connectivity index (χ2v) is 3.54. The first kappa shape index (κ1) is 11.7. The van der Waals surface area contributed by atoms with Crippen molar-refractivity contribution in [2.45, 2.75) is 4.90 Å². The zero-order valence-electron chi connectivity index (χ0n) is 8.22. The SMILES string of the molecule is COC(=O)c1ccc(OC)cc1S(=O)O. The number of hydrogen-bond donors (Lipinski definition) is 1. The summed E-state index contributed by atoms with van der Waals surface area (Å²) >= 11 is -2.26. The minimum atomic E-state index is -2.26. The Morgan fingerprint density at radius 2 is 2.07 bits per heavy atom. The van der Waals surface area contributed by atoms with E-state index < -0.39 is 17.0 Å². The Kier molecular flexibility index (Phi) is 3.81. The summed E-state index contributed by atoms with van der Waals surface area (Å²) in [5.74, 6) is -0.255. The molecule has 6 heteroatoms. The van der Waals surface area contributed by atoms with Gasteiger partial charge < -0.3 is 14.0 Å². The molecule has 0 bridgehead atoms. The van der Waals surface area contributed by atoms with Crippen molar-refractivity contribution in [3.8, 4) is 5.75 Å². The maximum Gasteiger partial charge on any atom is 0.339 e. The molecule has 0 saturated heterocycles. The van der Waals surface area contributed by atoms with Gasteiger partial charge in [-0.2, -0.15) is 0 Å². The molecule has 0 aliphatic rings. The van der Waals surface area contributed by atoms with Gasteiger partial charge in [-0.05, 0) is 18.2 Å². The van der Waals surface area contributed by atoms with Gasteiger partial charge in [-0.25, -0.2) is 9.00 Å². The standard InChI is InChI=1S/C9H10O5S/c1-13-6-3-4-7(9(10)14-2)8(5-6)15(11)12/h3-5H,1-2H3,(H,11,12). The molecule has 0 heterocycles. The van der Waals surface area contributed by atoms with Gasteiger partial charge in [0.05, 0.1) is 24.7 Å². The Hall–Kier alpha value is -1.40. The summed E-state index contributed by atoms with van der Waals surface area (Å²) in [6.07, 6.45) is 0. The fourth-order valence-corrected chi connectivity index (χ4v) is 1.61. The summed E-state index contributed by atoms with van der Waals surface area (Å²) in [4.78, 5) is 11.2. The number of hydrogen-bond acceptors (Lipinski definition) is 4. The van der Waals surface area contributed by atoms with E-state index in [1.807, 2.05) is 0 Å². The summed E-state index contributed by atoms with van der Waals surface area (Å²) < 4.78 is 29.3. The minimum Gasteiger partial charge on any atom is -0.497 e. The monoisotopic (exact) mass is 230 g/mol. The first-order chi connectivity index (χ1) is 7.10. The summed E-state index contributed by atoms with van der Waals surface area (Å²) in [6, 6.07) is 4.22. The average Bonchev–Trinajstić information content (AvgIpc) is 2.27. The van der Waals surface area contributed by atoms with E-state index in [1.165, 1.54) is 32.4 Å². The maximum atomic E-state index is 11.2. The molecule has 0 aliphatic carbocycles. The lowest BCUT2D eigenvalue weighted by Crippen LogP contribution is -2.06. The normalized spacial score (nSPS) is 11.9. The molecular formula is C9H10O5S. The van der Waals surface area contributed by atoms with Crippen LogP contribution in [0, 0.1) is 0 Å². The van der Waals surface area contributed by atoms with Crippen LogP contribution >= 0.6 is 0 Å². The van der Waals surface area contributed by atoms with E-state index in [-0.39, 0.29) is 10.5 Å². The molecule has 0 radical (unpaired) electrons. The number of esters is 1. The van der Waals surface area contributed by atoms with Crippen LogP contribution < -0.4 is 4.74 Å². The predicted octanol–water partition coefficient (Wildman–Crippen LogP) is 1.06. The average molecular weight is 230 g/mol. The molecule has 0 fully saturated rings. The smallest absolute Gasteiger partial charge is 0.339 e. The number of benzene rings is 1. The van der Waals surface area contributed by atoms with Crippen LogP contribution in [0.4, 0.5) is 0 Å². The van der Waals surface area contributed by atoms with E-state index in [2.05, 4.69) is 4.74 Å². The van der Waals surface area contributed by atoms with Gasteiger partial charge in [-0.15, -0.1) is 0 Å². The van der Waals surface area contributed by atoms with Gasteiger partial charge in [0, 0.05) is 0 Å². The lowest BCUT2D eigenvalue weighted by Gasteiger charge is -2.06. The summed E-state index contributed by atoms with van der Waals surface area (Å²) in [6.45, 7) is 0. The van der Waals surface area contributed by atoms with Crippen molar-refractivity contribution in [2.75, 3.05) is 14.2 Å². The second-order valence-electron chi connectivity index (χ2n) is 2.60. The number of methoxy groups -OCH3 is 2. The molecule has 15 heavy (non-hydrogen) atoms. The van der Waals surface area contributed by atoms with Crippen LogP contribution in [0.3, 0.4) is 0 Å². The second kappa shape index (κ2) is 4.90. The molecule has 1 aromatic rings. The molecule has 1 aromatic carbocycles. The number of carbonyl (C=O) groups excluding carboxylic acids is 1. The third-order valence-corrected chi connectivity index (χ3v) is 2.50. The van der Waals surface area contributed by atoms with E-state index in [1.54, 1.807) is 0 Å². The topological polar surface area (TPSA) is 72.8 Å². The van der Waals surface area contributed by atoms with Gasteiger partial charge in [0.2, 0.25) is 0 Å². The Morgan fingerprint density at radius 1 is 1.40 bits per heavy atom. The van der Waals surface area contributed by atoms with Gasteiger partial charge in [0.25, 0.3) is 0 Å². The van der Waals surface area contributed by atoms with Gasteiger partial charge in [-0.3, -0.25) is 0 Å². The van der Waals surface area contributed by atoms with Crippen LogP contribution in [0.15, 0.2) is 23.1 Å². The van der Waals surface area contributed by atoms with E-state index in [0.29, 0.717) is 5.75 Å². The van der Waals surface area contributed by atoms with Crippen LogP contribution in [0.2, 0.25) is 0 Å². The fourth-order valence-electron chi connectivity index (χ4n) is 1.05. The summed E-state index contributed by atoms with van der Waals surface area (Å²) in [5, 5.41) is 0. The van der Waals surface area contributed by atoms with Crippen molar-refractivity contribution in [1.82, 2.24) is 0 Å². The van der Waals surface area contributed by atoms with Crippen molar-refractivity contribution in [2.24, 2.45) is 0 Å². The largest absolute Gasteiger partial charge is 0.497 e. The van der Waals surface area contributed by atoms with Crippen LogP contribution in [0.5, 0.6) is 5.75 Å². The van der Waals surface area contributed by atoms with Crippen LogP contribution in [0.25, 0.3) is 0 Å². The summed E-state index contributed by atoms with van der Waals surface area (Å²) in [5.41, 5.74) is 0.0548. The predicted molar refractivity (Wildman–Crippen MR) is 53.4 cm³/mol. The molecule has 1 atom stereocenters. The first-order valence-corrected chi connectivity index (χ1v) is 5.08. The highest BCUT2D eigenvalue weighted by Crippen LogP contribution is 2.20. The molecule has 0 aromatic heterocycles. The zero-order chi connectivity index (χ0) is 11.4. The summed E-state index contributed by atoms with van der Waals surface area (Å²) in [7, 11) is 2.63. The van der Waals surface area contributed by atoms with E-state index in [0.717, 1.165) is 0 Å². The Balaban J connectivity index is 3.27. The molecule has 0 saturated carbocycles. The lowest BCUT2D eigenvalue weighted by molar-refractivity contribution is 0.0596. The maximum absolute atomic E-state index is 11.2. The Labute approximate surface area is 89.3 Å². The molecule has 5 nitrogen and oxygen atoms in total. The van der Waals surface area contributed by atoms with Gasteiger partial charge in [0.15, 0.2) is 11.1 Å². The van der Waals surface area contributed by atoms with Crippen molar-refractivity contribution >= 4 is 17.0 Å². The molecule has 82 valence electrons. The number of ether oxygens (including phenoxy) is 2. The zero-order valence-corrected chi connectivity index (χ0v) is 9.04. The Bertz CT molecular complexity index is 401. The molecule has 1 unspecified atom stereocenters. The Morgan fingerprint density at radius 3 is 2.53 bits per heavy atom. The third kappa shape index (κ3) is 2.54. The van der Waals surface area contributed by atoms with E-state index in [4.69, 9.17) is 9.29 Å². The molecule has 0 amide bonds. The van der Waals surface area contributed by atoms with Crippen molar-refractivity contribution in [3.63, 3.8) is 0 Å². The van der Waals surface area contributed by atoms with Crippen molar-refractivity contribution < 1.29 is 23.0 Å². The number of rotatable bonds is 3. The molecule has 0 aliphatic heterocycles. The highest BCUT2D eigenvalue weighted by Gasteiger charge is 2.16. The highest BCUT2D eigenvalue weighted by molar-refractivity contribution is 7.79. The lowest BCUT2D eigenvalue weighted by atomic mass is 10.2. The third-order valence-electron chi connectivity index (χ3n) is 1.78. The van der Waals surface area contributed by atoms with Gasteiger partial charge in [0.1, 0.15) is 5.75 Å². The molecule has 0 spiro atoms. The van der Waals surface area contributed by atoms with Crippen LogP contribution in [-0.4, -0.2) is 29.0 Å². The quantitative estimate of drug-likeness (QED) is 0.621. The van der Waals surface area contributed by atoms with Crippen molar-refractivity contribution in [1.29, 1.82) is 0 Å². The number of carbonyl (C=O) groups is 1. The fraction of sp³-hybridized carbons (Fsp3) is 0.222. The molecule has 1 N–H and O–H groups in total. The van der Waals surface area contributed by atoms with Crippen molar-refractivity contribution in [3.05, 3.63) is 23.8 Å². The van der Waals surface area contributed by atoms with E-state index >= 15 is 0 Å². The van der Waals surface area contributed by atoms with Crippen LogP contribution in [-0.2, 0) is 15.8 Å². The first-order valence-electron chi connectivity index (χ1n) is 3.97. The van der Waals surface area contributed by atoms with Gasteiger partial charge in [-0.1, -0.05) is 0 Å². The molecule has 1 rings (SSSR count). The van der Waals surface area contributed by atoms with E-state index in [9.17, 15) is 9.00 Å². The van der Waals surface area contributed by atoms with Crippen LogP contribution in [0.1, 0.15) is 10.4 Å². The molecular weight excluding hydrogens is 220 g/mol. The van der Waals surface area contributed by atoms with Gasteiger partial charge >= 0.3 is 5.97 Å².